The third-order valence-electron chi connectivity index (χ3n) is 3.10. The average molecular weight is 283 g/mol. The normalized spacial score (nSPS) is 11.2. The van der Waals surface area contributed by atoms with E-state index in [1.807, 2.05) is 13.0 Å². The fourth-order valence-corrected chi connectivity index (χ4v) is 2.03. The molecule has 0 atom stereocenters. The maximum absolute atomic E-state index is 13.9. The van der Waals surface area contributed by atoms with E-state index >= 15 is 0 Å². The van der Waals surface area contributed by atoms with Crippen molar-refractivity contribution in [3.63, 3.8) is 0 Å². The van der Waals surface area contributed by atoms with Crippen LogP contribution in [-0.2, 0) is 26.2 Å². The summed E-state index contributed by atoms with van der Waals surface area (Å²) in [5.41, 5.74) is 2.08. The Balaban J connectivity index is 1.90. The van der Waals surface area contributed by atoms with Gasteiger partial charge in [0.05, 0.1) is 17.9 Å². The van der Waals surface area contributed by atoms with E-state index in [0.29, 0.717) is 30.9 Å². The molecule has 110 valence electrons. The standard InChI is InChI=1S/C13H19F2N5/c1-3-20-13(15)12(10(2)17-20)9-16-8-11-4-6-19(18-11)7-5-14/h4,6,16H,3,5,7-9H2,1-2H3. The molecule has 0 aromatic carbocycles. The zero-order valence-corrected chi connectivity index (χ0v) is 11.7. The van der Waals surface area contributed by atoms with Crippen molar-refractivity contribution in [3.05, 3.63) is 35.2 Å². The number of nitrogens with one attached hydrogen (secondary N) is 1. The van der Waals surface area contributed by atoms with Gasteiger partial charge in [0.2, 0.25) is 5.95 Å². The van der Waals surface area contributed by atoms with E-state index in [-0.39, 0.29) is 12.5 Å². The Hall–Kier alpha value is -1.76. The maximum atomic E-state index is 13.9. The lowest BCUT2D eigenvalue weighted by Gasteiger charge is -2.02. The second-order valence-electron chi connectivity index (χ2n) is 4.53. The molecule has 2 heterocycles. The molecule has 2 aromatic heterocycles. The molecule has 5 nitrogen and oxygen atoms in total. The molecule has 1 N–H and O–H groups in total. The van der Waals surface area contributed by atoms with Gasteiger partial charge in [0.15, 0.2) is 0 Å². The molecule has 0 saturated carbocycles. The van der Waals surface area contributed by atoms with Gasteiger partial charge in [-0.05, 0) is 19.9 Å². The largest absolute Gasteiger partial charge is 0.307 e. The second kappa shape index (κ2) is 6.60. The van der Waals surface area contributed by atoms with Crippen LogP contribution in [0.5, 0.6) is 0 Å². The summed E-state index contributed by atoms with van der Waals surface area (Å²) in [5, 5.41) is 11.4. The molecule has 0 aliphatic rings. The minimum atomic E-state index is -0.435. The molecule has 0 aliphatic heterocycles. The quantitative estimate of drug-likeness (QED) is 0.843. The van der Waals surface area contributed by atoms with Crippen LogP contribution in [0.3, 0.4) is 0 Å². The number of hydrogen-bond acceptors (Lipinski definition) is 3. The SMILES string of the molecule is CCn1nc(C)c(CNCc2ccn(CCF)n2)c1F. The van der Waals surface area contributed by atoms with Crippen molar-refractivity contribution in [2.75, 3.05) is 6.67 Å². The lowest BCUT2D eigenvalue weighted by Crippen LogP contribution is -2.15. The van der Waals surface area contributed by atoms with Gasteiger partial charge in [-0.25, -0.2) is 9.07 Å². The van der Waals surface area contributed by atoms with Crippen molar-refractivity contribution >= 4 is 0 Å². The van der Waals surface area contributed by atoms with Crippen LogP contribution >= 0.6 is 0 Å². The maximum Gasteiger partial charge on any atom is 0.216 e. The summed E-state index contributed by atoms with van der Waals surface area (Å²) in [4.78, 5) is 0. The number of rotatable bonds is 7. The number of aryl methyl sites for hydroxylation is 3. The Morgan fingerprint density at radius 1 is 1.30 bits per heavy atom. The van der Waals surface area contributed by atoms with E-state index in [1.54, 1.807) is 17.8 Å². The Labute approximate surface area is 116 Å². The zero-order valence-electron chi connectivity index (χ0n) is 11.7. The minimum absolute atomic E-state index is 0.261. The molecular formula is C13H19F2N5. The van der Waals surface area contributed by atoms with Crippen molar-refractivity contribution in [1.29, 1.82) is 0 Å². The van der Waals surface area contributed by atoms with Crippen molar-refractivity contribution in [1.82, 2.24) is 24.9 Å². The number of nitrogens with zero attached hydrogens (tertiary/aromatic N) is 4. The predicted octanol–water partition coefficient (Wildman–Crippen LogP) is 1.81. The number of hydrogen-bond donors (Lipinski definition) is 1. The molecular weight excluding hydrogens is 264 g/mol. The van der Waals surface area contributed by atoms with Crippen LogP contribution < -0.4 is 5.32 Å². The van der Waals surface area contributed by atoms with E-state index in [2.05, 4.69) is 15.5 Å². The summed E-state index contributed by atoms with van der Waals surface area (Å²) in [7, 11) is 0. The highest BCUT2D eigenvalue weighted by molar-refractivity contribution is 5.17. The Kier molecular flexibility index (Phi) is 4.84. The first kappa shape index (κ1) is 14.6. The minimum Gasteiger partial charge on any atom is -0.307 e. The number of halogens is 2. The number of aromatic nitrogens is 4. The van der Waals surface area contributed by atoms with Gasteiger partial charge in [-0.1, -0.05) is 0 Å². The molecule has 2 rings (SSSR count). The molecule has 0 amide bonds. The third kappa shape index (κ3) is 3.22. The summed E-state index contributed by atoms with van der Waals surface area (Å²) in [6.45, 7) is 4.89. The predicted molar refractivity (Wildman–Crippen MR) is 71.3 cm³/mol. The van der Waals surface area contributed by atoms with Gasteiger partial charge < -0.3 is 5.32 Å². The first-order valence-electron chi connectivity index (χ1n) is 6.66. The molecule has 0 fully saturated rings. The van der Waals surface area contributed by atoms with Crippen LogP contribution in [0.15, 0.2) is 12.3 Å². The van der Waals surface area contributed by atoms with Crippen molar-refractivity contribution in [3.8, 4) is 0 Å². The topological polar surface area (TPSA) is 47.7 Å². The molecule has 20 heavy (non-hydrogen) atoms. The van der Waals surface area contributed by atoms with Gasteiger partial charge in [0.25, 0.3) is 0 Å². The summed E-state index contributed by atoms with van der Waals surface area (Å²) >= 11 is 0. The lowest BCUT2D eigenvalue weighted by atomic mass is 10.2. The molecule has 0 saturated heterocycles. The van der Waals surface area contributed by atoms with E-state index in [0.717, 1.165) is 5.69 Å². The highest BCUT2D eigenvalue weighted by Gasteiger charge is 2.13. The van der Waals surface area contributed by atoms with Gasteiger partial charge in [-0.2, -0.15) is 14.6 Å². The van der Waals surface area contributed by atoms with E-state index in [1.165, 1.54) is 4.68 Å². The Morgan fingerprint density at radius 2 is 2.10 bits per heavy atom. The van der Waals surface area contributed by atoms with Gasteiger partial charge in [-0.15, -0.1) is 0 Å². The molecule has 0 bridgehead atoms. The zero-order chi connectivity index (χ0) is 14.5. The highest BCUT2D eigenvalue weighted by atomic mass is 19.1. The van der Waals surface area contributed by atoms with Gasteiger partial charge >= 0.3 is 0 Å². The summed E-state index contributed by atoms with van der Waals surface area (Å²) in [6.07, 6.45) is 1.73. The van der Waals surface area contributed by atoms with Crippen LogP contribution in [0.1, 0.15) is 23.9 Å². The molecule has 7 heteroatoms. The summed E-state index contributed by atoms with van der Waals surface area (Å²) < 4.78 is 29.0. The van der Waals surface area contributed by atoms with Crippen LogP contribution in [-0.4, -0.2) is 26.2 Å². The third-order valence-corrected chi connectivity index (χ3v) is 3.10. The first-order chi connectivity index (χ1) is 9.65. The van der Waals surface area contributed by atoms with E-state index in [9.17, 15) is 8.78 Å². The molecule has 0 aliphatic carbocycles. The van der Waals surface area contributed by atoms with E-state index < -0.39 is 6.67 Å². The van der Waals surface area contributed by atoms with Crippen LogP contribution in [0.2, 0.25) is 0 Å². The number of alkyl halides is 1. The first-order valence-corrected chi connectivity index (χ1v) is 6.66. The fourth-order valence-electron chi connectivity index (χ4n) is 2.03. The molecule has 0 unspecified atom stereocenters. The van der Waals surface area contributed by atoms with Crippen molar-refractivity contribution in [2.24, 2.45) is 0 Å². The van der Waals surface area contributed by atoms with Gasteiger partial charge in [0, 0.05) is 31.4 Å². The summed E-state index contributed by atoms with van der Waals surface area (Å²) in [5.74, 6) is -0.291. The van der Waals surface area contributed by atoms with E-state index in [4.69, 9.17) is 0 Å². The Bertz CT molecular complexity index is 561. The highest BCUT2D eigenvalue weighted by Crippen LogP contribution is 2.12. The van der Waals surface area contributed by atoms with Crippen LogP contribution in [0, 0.1) is 12.9 Å². The second-order valence-corrected chi connectivity index (χ2v) is 4.53. The Morgan fingerprint density at radius 3 is 2.75 bits per heavy atom. The van der Waals surface area contributed by atoms with Gasteiger partial charge in [-0.3, -0.25) is 4.68 Å². The average Bonchev–Trinajstić information content (AvgIpc) is 2.98. The lowest BCUT2D eigenvalue weighted by molar-refractivity contribution is 0.425. The monoisotopic (exact) mass is 283 g/mol. The molecule has 0 radical (unpaired) electrons. The van der Waals surface area contributed by atoms with Crippen LogP contribution in [0.4, 0.5) is 8.78 Å². The van der Waals surface area contributed by atoms with Crippen LogP contribution in [0.25, 0.3) is 0 Å². The molecule has 2 aromatic rings. The summed E-state index contributed by atoms with van der Waals surface area (Å²) in [6, 6.07) is 1.82. The van der Waals surface area contributed by atoms with Crippen molar-refractivity contribution in [2.45, 2.75) is 40.0 Å². The van der Waals surface area contributed by atoms with Gasteiger partial charge in [0.1, 0.15) is 6.67 Å². The fraction of sp³-hybridized carbons (Fsp3) is 0.538. The molecule has 0 spiro atoms. The van der Waals surface area contributed by atoms with Crippen molar-refractivity contribution < 1.29 is 8.78 Å². The smallest absolute Gasteiger partial charge is 0.216 e.